The third-order valence-electron chi connectivity index (χ3n) is 4.63. The number of nitrogens with zero attached hydrogens (tertiary/aromatic N) is 2. The fourth-order valence-electron chi connectivity index (χ4n) is 3.07. The molecule has 1 N–H and O–H groups in total. The van der Waals surface area contributed by atoms with E-state index in [1.54, 1.807) is 19.1 Å². The van der Waals surface area contributed by atoms with Gasteiger partial charge in [-0.2, -0.15) is 0 Å². The molecule has 1 amide bonds. The minimum atomic E-state index is -3.58. The summed E-state index contributed by atoms with van der Waals surface area (Å²) in [5.41, 5.74) is 2.14. The molecule has 0 bridgehead atoms. The number of nitrogens with one attached hydrogen (secondary N) is 1. The van der Waals surface area contributed by atoms with Crippen LogP contribution in [0.15, 0.2) is 47.4 Å². The van der Waals surface area contributed by atoms with Gasteiger partial charge >= 0.3 is 0 Å². The van der Waals surface area contributed by atoms with Gasteiger partial charge in [-0.15, -0.1) is 0 Å². The van der Waals surface area contributed by atoms with Crippen LogP contribution in [0.1, 0.15) is 11.1 Å². The van der Waals surface area contributed by atoms with E-state index in [1.165, 1.54) is 20.2 Å². The van der Waals surface area contributed by atoms with Crippen molar-refractivity contribution >= 4 is 21.6 Å². The molecule has 1 aliphatic heterocycles. The van der Waals surface area contributed by atoms with Crippen LogP contribution in [0.3, 0.4) is 0 Å². The molecule has 1 aliphatic rings. The van der Waals surface area contributed by atoms with Crippen molar-refractivity contribution in [3.63, 3.8) is 0 Å². The van der Waals surface area contributed by atoms with Gasteiger partial charge in [-0.25, -0.2) is 12.7 Å². The average Bonchev–Trinajstić information content (AvgIpc) is 2.84. The maximum atomic E-state index is 12.5. The Kier molecular flexibility index (Phi) is 6.02. The third-order valence-corrected chi connectivity index (χ3v) is 6.59. The molecule has 150 valence electrons. The fraction of sp³-hybridized carbons (Fsp3) is 0.350. The Bertz CT molecular complexity index is 973. The standard InChI is InChI=1S/C20H25N3O4S/c1-15-8-9-17(12-19(15)28(25,26)22(2)3)21-20(24)14-23-10-11-27-18-7-5-4-6-16(18)13-23/h4-9,12H,10-11,13-14H2,1-3H3,(H,21,24). The van der Waals surface area contributed by atoms with Gasteiger partial charge in [0.1, 0.15) is 12.4 Å². The maximum Gasteiger partial charge on any atom is 0.242 e. The highest BCUT2D eigenvalue weighted by atomic mass is 32.2. The van der Waals surface area contributed by atoms with Gasteiger partial charge in [0.2, 0.25) is 15.9 Å². The predicted octanol–water partition coefficient (Wildman–Crippen LogP) is 2.08. The maximum absolute atomic E-state index is 12.5. The van der Waals surface area contributed by atoms with E-state index in [0.717, 1.165) is 15.6 Å². The van der Waals surface area contributed by atoms with Crippen molar-refractivity contribution in [3.8, 4) is 5.75 Å². The first kappa shape index (κ1) is 20.3. The van der Waals surface area contributed by atoms with Gasteiger partial charge in [0.15, 0.2) is 0 Å². The highest BCUT2D eigenvalue weighted by Gasteiger charge is 2.21. The molecule has 0 saturated carbocycles. The summed E-state index contributed by atoms with van der Waals surface area (Å²) in [6.07, 6.45) is 0. The number of ether oxygens (including phenoxy) is 1. The monoisotopic (exact) mass is 403 g/mol. The second-order valence-electron chi connectivity index (χ2n) is 6.98. The number of amides is 1. The van der Waals surface area contributed by atoms with E-state index in [-0.39, 0.29) is 17.3 Å². The van der Waals surface area contributed by atoms with Gasteiger partial charge in [-0.05, 0) is 30.7 Å². The summed E-state index contributed by atoms with van der Waals surface area (Å²) in [5.74, 6) is 0.652. The number of anilines is 1. The second kappa shape index (κ2) is 8.30. The molecule has 1 heterocycles. The minimum absolute atomic E-state index is 0.187. The molecule has 0 fully saturated rings. The molecule has 0 aliphatic carbocycles. The van der Waals surface area contributed by atoms with Crippen LogP contribution < -0.4 is 10.1 Å². The molecule has 0 spiro atoms. The van der Waals surface area contributed by atoms with Crippen molar-refractivity contribution < 1.29 is 17.9 Å². The first-order chi connectivity index (χ1) is 13.3. The van der Waals surface area contributed by atoms with E-state index >= 15 is 0 Å². The lowest BCUT2D eigenvalue weighted by Crippen LogP contribution is -2.34. The smallest absolute Gasteiger partial charge is 0.242 e. The number of hydrogen-bond acceptors (Lipinski definition) is 5. The van der Waals surface area contributed by atoms with E-state index in [4.69, 9.17) is 4.74 Å². The average molecular weight is 404 g/mol. The molecule has 0 atom stereocenters. The molecule has 0 unspecified atom stereocenters. The summed E-state index contributed by atoms with van der Waals surface area (Å²) >= 11 is 0. The Balaban J connectivity index is 1.70. The SMILES string of the molecule is Cc1ccc(NC(=O)CN2CCOc3ccccc3C2)cc1S(=O)(=O)N(C)C. The third kappa shape index (κ3) is 4.52. The number of sulfonamides is 1. The number of para-hydroxylation sites is 1. The van der Waals surface area contributed by atoms with Crippen LogP contribution in [0, 0.1) is 6.92 Å². The quantitative estimate of drug-likeness (QED) is 0.827. The summed E-state index contributed by atoms with van der Waals surface area (Å²) in [4.78, 5) is 14.7. The van der Waals surface area contributed by atoms with E-state index in [9.17, 15) is 13.2 Å². The number of fused-ring (bicyclic) bond motifs is 1. The summed E-state index contributed by atoms with van der Waals surface area (Å²) < 4.78 is 31.8. The summed E-state index contributed by atoms with van der Waals surface area (Å²) in [7, 11) is -0.605. The molecule has 8 heteroatoms. The molecule has 3 rings (SSSR count). The second-order valence-corrected chi connectivity index (χ2v) is 9.10. The first-order valence-electron chi connectivity index (χ1n) is 9.03. The van der Waals surface area contributed by atoms with E-state index < -0.39 is 10.0 Å². The summed E-state index contributed by atoms with van der Waals surface area (Å²) in [6.45, 7) is 3.70. The normalized spacial score (nSPS) is 14.9. The number of benzene rings is 2. The number of rotatable bonds is 5. The molecular weight excluding hydrogens is 378 g/mol. The van der Waals surface area contributed by atoms with Gasteiger partial charge in [0.25, 0.3) is 0 Å². The number of carbonyl (C=O) groups excluding carboxylic acids is 1. The van der Waals surface area contributed by atoms with E-state index in [1.807, 2.05) is 29.2 Å². The number of hydrogen-bond donors (Lipinski definition) is 1. The lowest BCUT2D eigenvalue weighted by molar-refractivity contribution is -0.117. The Morgan fingerprint density at radius 3 is 2.71 bits per heavy atom. The van der Waals surface area contributed by atoms with Gasteiger partial charge in [0.05, 0.1) is 11.4 Å². The van der Waals surface area contributed by atoms with Crippen molar-refractivity contribution in [2.45, 2.75) is 18.4 Å². The van der Waals surface area contributed by atoms with Crippen molar-refractivity contribution in [2.24, 2.45) is 0 Å². The van der Waals surface area contributed by atoms with Gasteiger partial charge < -0.3 is 10.1 Å². The van der Waals surface area contributed by atoms with Crippen LogP contribution in [-0.2, 0) is 21.4 Å². The van der Waals surface area contributed by atoms with Crippen LogP contribution >= 0.6 is 0 Å². The molecule has 7 nitrogen and oxygen atoms in total. The highest BCUT2D eigenvalue weighted by molar-refractivity contribution is 7.89. The van der Waals surface area contributed by atoms with Crippen molar-refractivity contribution in [1.29, 1.82) is 0 Å². The first-order valence-corrected chi connectivity index (χ1v) is 10.5. The Morgan fingerprint density at radius 1 is 1.21 bits per heavy atom. The van der Waals surface area contributed by atoms with Crippen LogP contribution in [0.25, 0.3) is 0 Å². The van der Waals surface area contributed by atoms with Gasteiger partial charge in [0, 0.05) is 38.4 Å². The van der Waals surface area contributed by atoms with Gasteiger partial charge in [-0.3, -0.25) is 9.69 Å². The fourth-order valence-corrected chi connectivity index (χ4v) is 4.22. The Morgan fingerprint density at radius 2 is 1.96 bits per heavy atom. The van der Waals surface area contributed by atoms with Crippen LogP contribution in [-0.4, -0.2) is 57.3 Å². The van der Waals surface area contributed by atoms with E-state index in [0.29, 0.717) is 30.9 Å². The zero-order valence-corrected chi connectivity index (χ0v) is 17.1. The molecule has 2 aromatic rings. The minimum Gasteiger partial charge on any atom is -0.492 e. The Hall–Kier alpha value is -2.42. The molecule has 0 radical (unpaired) electrons. The number of aryl methyl sites for hydroxylation is 1. The van der Waals surface area contributed by atoms with E-state index in [2.05, 4.69) is 5.32 Å². The lowest BCUT2D eigenvalue weighted by Gasteiger charge is -2.19. The molecule has 28 heavy (non-hydrogen) atoms. The summed E-state index contributed by atoms with van der Waals surface area (Å²) in [5, 5.41) is 2.81. The largest absolute Gasteiger partial charge is 0.492 e. The number of carbonyl (C=O) groups is 1. The summed E-state index contributed by atoms with van der Waals surface area (Å²) in [6, 6.07) is 12.7. The Labute approximate surface area is 166 Å². The lowest BCUT2D eigenvalue weighted by atomic mass is 10.2. The topological polar surface area (TPSA) is 79.0 Å². The molecule has 0 saturated heterocycles. The van der Waals surface area contributed by atoms with Crippen molar-refractivity contribution in [1.82, 2.24) is 9.21 Å². The van der Waals surface area contributed by atoms with Gasteiger partial charge in [-0.1, -0.05) is 24.3 Å². The highest BCUT2D eigenvalue weighted by Crippen LogP contribution is 2.24. The zero-order valence-electron chi connectivity index (χ0n) is 16.3. The van der Waals surface area contributed by atoms with Crippen molar-refractivity contribution in [3.05, 3.63) is 53.6 Å². The molecular formula is C20H25N3O4S. The molecule has 2 aromatic carbocycles. The zero-order chi connectivity index (χ0) is 20.3. The van der Waals surface area contributed by atoms with Crippen LogP contribution in [0.4, 0.5) is 5.69 Å². The molecule has 0 aromatic heterocycles. The van der Waals surface area contributed by atoms with Crippen molar-refractivity contribution in [2.75, 3.05) is 39.1 Å². The van der Waals surface area contributed by atoms with Crippen LogP contribution in [0.2, 0.25) is 0 Å². The van der Waals surface area contributed by atoms with Crippen LogP contribution in [0.5, 0.6) is 5.75 Å². The predicted molar refractivity (Wildman–Crippen MR) is 108 cm³/mol.